The van der Waals surface area contributed by atoms with Gasteiger partial charge >= 0.3 is 0 Å². The number of hydrogen-bond acceptors (Lipinski definition) is 4. The zero-order valence-electron chi connectivity index (χ0n) is 15.7. The Balaban J connectivity index is 1.32. The van der Waals surface area contributed by atoms with E-state index in [0.717, 1.165) is 24.8 Å². The number of nitrogens with zero attached hydrogens (tertiary/aromatic N) is 2. The summed E-state index contributed by atoms with van der Waals surface area (Å²) in [4.78, 5) is 5.01. The van der Waals surface area contributed by atoms with Crippen LogP contribution < -0.4 is 0 Å². The molecule has 2 aliphatic rings. The maximum Gasteiger partial charge on any atom is 0.116 e. The number of rotatable bonds is 4. The number of fused-ring (bicyclic) bond motifs is 1. The average Bonchev–Trinajstić information content (AvgIpc) is 2.96. The van der Waals surface area contributed by atoms with Gasteiger partial charge in [-0.2, -0.15) is 0 Å². The molecule has 0 bridgehead atoms. The Morgan fingerprint density at radius 1 is 0.962 bits per heavy atom. The number of aromatic hydroxyl groups is 1. The van der Waals surface area contributed by atoms with E-state index < -0.39 is 0 Å². The van der Waals surface area contributed by atoms with E-state index >= 15 is 0 Å². The molecule has 0 saturated carbocycles. The van der Waals surface area contributed by atoms with Gasteiger partial charge in [-0.1, -0.05) is 24.3 Å². The van der Waals surface area contributed by atoms with E-state index in [1.807, 2.05) is 12.1 Å². The zero-order chi connectivity index (χ0) is 17.9. The SMILES string of the molecule is CN1CCCN(C[C@H]2CC[C@@H](Cc3ccc4cc(O)ccc4c3)O2)CC1. The molecule has 2 aliphatic heterocycles. The molecule has 1 N–H and O–H groups in total. The first-order chi connectivity index (χ1) is 12.7. The number of ether oxygens (including phenoxy) is 1. The smallest absolute Gasteiger partial charge is 0.116 e. The lowest BCUT2D eigenvalue weighted by molar-refractivity contribution is 0.0241. The van der Waals surface area contributed by atoms with Gasteiger partial charge in [0, 0.05) is 19.6 Å². The lowest BCUT2D eigenvalue weighted by Crippen LogP contribution is -2.35. The van der Waals surface area contributed by atoms with E-state index in [9.17, 15) is 5.11 Å². The van der Waals surface area contributed by atoms with Crippen LogP contribution in [0.15, 0.2) is 36.4 Å². The molecule has 0 unspecified atom stereocenters. The van der Waals surface area contributed by atoms with Crippen LogP contribution in [-0.2, 0) is 11.2 Å². The number of hydrogen-bond donors (Lipinski definition) is 1. The summed E-state index contributed by atoms with van der Waals surface area (Å²) < 4.78 is 6.37. The maximum atomic E-state index is 9.60. The van der Waals surface area contributed by atoms with Crippen LogP contribution in [0.25, 0.3) is 10.8 Å². The number of likely N-dealkylation sites (N-methyl/N-ethyl adjacent to an activating group) is 1. The molecule has 2 heterocycles. The quantitative estimate of drug-likeness (QED) is 0.914. The third-order valence-corrected chi connectivity index (χ3v) is 5.82. The van der Waals surface area contributed by atoms with Gasteiger partial charge in [-0.15, -0.1) is 0 Å². The summed E-state index contributed by atoms with van der Waals surface area (Å²) in [6.07, 6.45) is 5.31. The molecule has 2 saturated heterocycles. The Hall–Kier alpha value is -1.62. The molecule has 2 fully saturated rings. The minimum atomic E-state index is 0.326. The molecule has 0 radical (unpaired) electrons. The van der Waals surface area contributed by atoms with Crippen LogP contribution in [0.3, 0.4) is 0 Å². The van der Waals surface area contributed by atoms with Crippen molar-refractivity contribution < 1.29 is 9.84 Å². The summed E-state index contributed by atoms with van der Waals surface area (Å²) in [6, 6.07) is 12.1. The summed E-state index contributed by atoms with van der Waals surface area (Å²) in [6.45, 7) is 5.83. The van der Waals surface area contributed by atoms with Gasteiger partial charge in [-0.05, 0) is 74.3 Å². The van der Waals surface area contributed by atoms with Crippen LogP contribution in [0.2, 0.25) is 0 Å². The Morgan fingerprint density at radius 3 is 2.69 bits per heavy atom. The van der Waals surface area contributed by atoms with Crippen LogP contribution in [-0.4, -0.2) is 66.9 Å². The second-order valence-corrected chi connectivity index (χ2v) is 7.98. The van der Waals surface area contributed by atoms with Gasteiger partial charge < -0.3 is 14.7 Å². The van der Waals surface area contributed by atoms with Crippen molar-refractivity contribution in [2.24, 2.45) is 0 Å². The predicted molar refractivity (Wildman–Crippen MR) is 106 cm³/mol. The number of phenols is 1. The van der Waals surface area contributed by atoms with E-state index in [0.29, 0.717) is 18.0 Å². The zero-order valence-corrected chi connectivity index (χ0v) is 15.7. The standard InChI is InChI=1S/C22H30N2O2/c1-23-9-2-10-24(12-11-23)16-22-8-7-21(26-22)14-17-3-4-19-15-20(25)6-5-18(19)13-17/h3-6,13,15,21-22,25H,2,7-12,14,16H2,1H3/t21-,22+/m0/s1. The molecular formula is C22H30N2O2. The highest BCUT2D eigenvalue weighted by Crippen LogP contribution is 2.26. The summed E-state index contributed by atoms with van der Waals surface area (Å²) in [5, 5.41) is 11.9. The van der Waals surface area contributed by atoms with E-state index in [-0.39, 0.29) is 0 Å². The van der Waals surface area contributed by atoms with Crippen molar-refractivity contribution in [2.75, 3.05) is 39.8 Å². The van der Waals surface area contributed by atoms with Crippen molar-refractivity contribution in [2.45, 2.75) is 37.9 Å². The highest BCUT2D eigenvalue weighted by Gasteiger charge is 2.27. The van der Waals surface area contributed by atoms with E-state index in [4.69, 9.17) is 4.74 Å². The molecule has 4 nitrogen and oxygen atoms in total. The average molecular weight is 354 g/mol. The summed E-state index contributed by atoms with van der Waals surface area (Å²) in [7, 11) is 2.22. The summed E-state index contributed by atoms with van der Waals surface area (Å²) in [5.74, 6) is 0.326. The van der Waals surface area contributed by atoms with Crippen molar-refractivity contribution in [1.29, 1.82) is 0 Å². The maximum absolute atomic E-state index is 9.60. The number of phenolic OH excluding ortho intramolecular Hbond substituents is 1. The Bertz CT molecular complexity index is 748. The van der Waals surface area contributed by atoms with Gasteiger partial charge in [-0.3, -0.25) is 4.90 Å². The monoisotopic (exact) mass is 354 g/mol. The first kappa shape index (κ1) is 17.8. The molecule has 0 spiro atoms. The van der Waals surface area contributed by atoms with E-state index in [1.165, 1.54) is 50.0 Å². The number of benzene rings is 2. The Morgan fingerprint density at radius 2 is 1.77 bits per heavy atom. The van der Waals surface area contributed by atoms with Crippen molar-refractivity contribution in [3.63, 3.8) is 0 Å². The van der Waals surface area contributed by atoms with Crippen LogP contribution >= 0.6 is 0 Å². The van der Waals surface area contributed by atoms with Crippen molar-refractivity contribution in [3.05, 3.63) is 42.0 Å². The highest BCUT2D eigenvalue weighted by atomic mass is 16.5. The van der Waals surface area contributed by atoms with Gasteiger partial charge in [0.05, 0.1) is 12.2 Å². The minimum Gasteiger partial charge on any atom is -0.508 e. The van der Waals surface area contributed by atoms with Crippen LogP contribution in [0.1, 0.15) is 24.8 Å². The fraction of sp³-hybridized carbons (Fsp3) is 0.545. The topological polar surface area (TPSA) is 35.9 Å². The lowest BCUT2D eigenvalue weighted by Gasteiger charge is -2.24. The Kier molecular flexibility index (Phi) is 5.44. The fourth-order valence-corrected chi connectivity index (χ4v) is 4.31. The molecule has 4 heteroatoms. The largest absolute Gasteiger partial charge is 0.508 e. The minimum absolute atomic E-state index is 0.326. The molecule has 0 aromatic heterocycles. The van der Waals surface area contributed by atoms with Crippen LogP contribution in [0.4, 0.5) is 0 Å². The molecule has 26 heavy (non-hydrogen) atoms. The van der Waals surface area contributed by atoms with Gasteiger partial charge in [0.1, 0.15) is 5.75 Å². The van der Waals surface area contributed by atoms with Crippen molar-refractivity contribution in [1.82, 2.24) is 9.80 Å². The highest BCUT2D eigenvalue weighted by molar-refractivity contribution is 5.84. The molecule has 0 aliphatic carbocycles. The third kappa shape index (κ3) is 4.37. The first-order valence-corrected chi connectivity index (χ1v) is 9.94. The third-order valence-electron chi connectivity index (χ3n) is 5.82. The van der Waals surface area contributed by atoms with Gasteiger partial charge in [0.25, 0.3) is 0 Å². The van der Waals surface area contributed by atoms with Gasteiger partial charge in [0.2, 0.25) is 0 Å². The van der Waals surface area contributed by atoms with E-state index in [2.05, 4.69) is 35.0 Å². The molecule has 140 valence electrons. The predicted octanol–water partition coefficient (Wildman–Crippen LogP) is 3.27. The van der Waals surface area contributed by atoms with Crippen LogP contribution in [0, 0.1) is 0 Å². The lowest BCUT2D eigenvalue weighted by atomic mass is 10.0. The molecule has 4 rings (SSSR count). The Labute approximate surface area is 156 Å². The van der Waals surface area contributed by atoms with E-state index in [1.54, 1.807) is 6.07 Å². The first-order valence-electron chi connectivity index (χ1n) is 9.94. The fourth-order valence-electron chi connectivity index (χ4n) is 4.31. The summed E-state index contributed by atoms with van der Waals surface area (Å²) in [5.41, 5.74) is 1.32. The molecule has 2 aromatic carbocycles. The second-order valence-electron chi connectivity index (χ2n) is 7.98. The van der Waals surface area contributed by atoms with Crippen LogP contribution in [0.5, 0.6) is 5.75 Å². The summed E-state index contributed by atoms with van der Waals surface area (Å²) >= 11 is 0. The molecule has 2 aromatic rings. The molecule has 2 atom stereocenters. The van der Waals surface area contributed by atoms with Gasteiger partial charge in [-0.25, -0.2) is 0 Å². The second kappa shape index (κ2) is 7.95. The van der Waals surface area contributed by atoms with Crippen molar-refractivity contribution in [3.8, 4) is 5.75 Å². The van der Waals surface area contributed by atoms with Gasteiger partial charge in [0.15, 0.2) is 0 Å². The van der Waals surface area contributed by atoms with Crippen molar-refractivity contribution >= 4 is 10.8 Å². The normalized spacial score (nSPS) is 25.6. The molecule has 0 amide bonds. The molecular weight excluding hydrogens is 324 g/mol.